The van der Waals surface area contributed by atoms with Crippen molar-refractivity contribution >= 4 is 44.3 Å². The highest BCUT2D eigenvalue weighted by Gasteiger charge is 2.33. The smallest absolute Gasteiger partial charge is 0.286 e. The Labute approximate surface area is 154 Å². The van der Waals surface area contributed by atoms with Crippen molar-refractivity contribution in [3.8, 4) is 0 Å². The summed E-state index contributed by atoms with van der Waals surface area (Å²) in [5.41, 5.74) is 1.49. The molecule has 0 radical (unpaired) electrons. The molecule has 1 N–H and O–H groups in total. The highest BCUT2D eigenvalue weighted by molar-refractivity contribution is 8.15. The molecule has 130 valence electrons. The summed E-state index contributed by atoms with van der Waals surface area (Å²) < 4.78 is 24.9. The summed E-state index contributed by atoms with van der Waals surface area (Å²) in [7, 11) is -3.44. The minimum absolute atomic E-state index is 0.0227. The topological polar surface area (TPSA) is 80.3 Å². The third kappa shape index (κ3) is 4.23. The minimum Gasteiger partial charge on any atom is -0.286 e. The number of hydrogen-bond donors (Lipinski definition) is 1. The van der Waals surface area contributed by atoms with Gasteiger partial charge in [0.1, 0.15) is 5.25 Å². The number of imide groups is 1. The Kier molecular flexibility index (Phi) is 5.17. The third-order valence-electron chi connectivity index (χ3n) is 3.80. The normalized spacial score (nSPS) is 17.6. The summed E-state index contributed by atoms with van der Waals surface area (Å²) in [6, 6.07) is 13.2. The quantitative estimate of drug-likeness (QED) is 0.839. The van der Waals surface area contributed by atoms with Gasteiger partial charge in [-0.2, -0.15) is 0 Å². The second-order valence-electron chi connectivity index (χ2n) is 5.54. The lowest BCUT2D eigenvalue weighted by atomic mass is 10.1. The van der Waals surface area contributed by atoms with Gasteiger partial charge < -0.3 is 0 Å². The zero-order valence-electron chi connectivity index (χ0n) is 12.9. The largest absolute Gasteiger partial charge is 0.286 e. The summed E-state index contributed by atoms with van der Waals surface area (Å²) in [6.45, 7) is 0. The minimum atomic E-state index is -3.44. The summed E-state index contributed by atoms with van der Waals surface area (Å²) in [6.07, 6.45) is 0.386. The van der Waals surface area contributed by atoms with E-state index in [1.807, 2.05) is 0 Å². The molecule has 8 heteroatoms. The van der Waals surface area contributed by atoms with Crippen LogP contribution in [0.1, 0.15) is 16.4 Å². The van der Waals surface area contributed by atoms with E-state index in [4.69, 9.17) is 11.6 Å². The first kappa shape index (κ1) is 18.0. The number of sulfone groups is 1. The van der Waals surface area contributed by atoms with Gasteiger partial charge in [0.05, 0.1) is 10.6 Å². The van der Waals surface area contributed by atoms with E-state index >= 15 is 0 Å². The summed E-state index contributed by atoms with van der Waals surface area (Å²) in [5, 5.41) is 1.80. The number of benzene rings is 2. The van der Waals surface area contributed by atoms with E-state index in [1.54, 1.807) is 36.4 Å². The SMILES string of the molecule is O=C1NC(=O)C(c2ccc(S(=O)(=O)CCc3ccc(Cl)cc3)cc2)S1. The molecule has 0 aromatic heterocycles. The standard InChI is InChI=1S/C17H14ClNO4S2/c18-13-5-1-11(2-6-13)9-10-25(22,23)14-7-3-12(4-8-14)15-16(20)19-17(21)24-15/h1-8,15H,9-10H2,(H,19,20,21). The molecule has 1 atom stereocenters. The van der Waals surface area contributed by atoms with Crippen LogP contribution < -0.4 is 5.32 Å². The molecule has 1 unspecified atom stereocenters. The first-order valence-corrected chi connectivity index (χ1v) is 10.3. The van der Waals surface area contributed by atoms with Gasteiger partial charge in [0.15, 0.2) is 9.84 Å². The Morgan fingerprint density at radius 1 is 1.00 bits per heavy atom. The number of amides is 2. The summed E-state index contributed by atoms with van der Waals surface area (Å²) in [4.78, 5) is 23.1. The molecule has 1 heterocycles. The Bertz CT molecular complexity index is 909. The van der Waals surface area contributed by atoms with E-state index in [0.717, 1.165) is 17.3 Å². The fourth-order valence-electron chi connectivity index (χ4n) is 2.45. The highest BCUT2D eigenvalue weighted by atomic mass is 35.5. The molecule has 1 aliphatic heterocycles. The molecule has 2 amide bonds. The Balaban J connectivity index is 1.71. The van der Waals surface area contributed by atoms with Gasteiger partial charge in [-0.1, -0.05) is 35.9 Å². The molecule has 3 rings (SSSR count). The molecule has 0 saturated carbocycles. The molecular formula is C17H14ClNO4S2. The molecular weight excluding hydrogens is 382 g/mol. The Hall–Kier alpha value is -1.83. The first-order valence-electron chi connectivity index (χ1n) is 7.44. The zero-order valence-corrected chi connectivity index (χ0v) is 15.3. The molecule has 2 aromatic carbocycles. The van der Waals surface area contributed by atoms with Crippen LogP contribution in [0.2, 0.25) is 5.02 Å². The van der Waals surface area contributed by atoms with Gasteiger partial charge in [-0.25, -0.2) is 8.42 Å². The predicted molar refractivity (Wildman–Crippen MR) is 97.5 cm³/mol. The van der Waals surface area contributed by atoms with Crippen LogP contribution in [0.25, 0.3) is 0 Å². The van der Waals surface area contributed by atoms with Crippen LogP contribution >= 0.6 is 23.4 Å². The lowest BCUT2D eigenvalue weighted by Crippen LogP contribution is -2.20. The first-order chi connectivity index (χ1) is 11.8. The fraction of sp³-hybridized carbons (Fsp3) is 0.176. The number of carbonyl (C=O) groups excluding carboxylic acids is 2. The Morgan fingerprint density at radius 3 is 2.20 bits per heavy atom. The van der Waals surface area contributed by atoms with Crippen LogP contribution in [-0.4, -0.2) is 25.3 Å². The number of carbonyl (C=O) groups is 2. The maximum absolute atomic E-state index is 12.5. The van der Waals surface area contributed by atoms with Gasteiger partial charge >= 0.3 is 0 Å². The molecule has 0 bridgehead atoms. The van der Waals surface area contributed by atoms with E-state index in [-0.39, 0.29) is 16.6 Å². The van der Waals surface area contributed by atoms with Gasteiger partial charge in [-0.05, 0) is 53.6 Å². The second kappa shape index (κ2) is 7.19. The second-order valence-corrected chi connectivity index (χ2v) is 9.16. The molecule has 2 aromatic rings. The maximum Gasteiger partial charge on any atom is 0.286 e. The lowest BCUT2D eigenvalue weighted by molar-refractivity contribution is -0.119. The van der Waals surface area contributed by atoms with Crippen molar-refractivity contribution in [3.05, 3.63) is 64.7 Å². The monoisotopic (exact) mass is 395 g/mol. The van der Waals surface area contributed by atoms with Crippen molar-refractivity contribution in [3.63, 3.8) is 0 Å². The van der Waals surface area contributed by atoms with Crippen molar-refractivity contribution in [2.45, 2.75) is 16.6 Å². The van der Waals surface area contributed by atoms with Crippen molar-refractivity contribution in [1.82, 2.24) is 5.32 Å². The number of aryl methyl sites for hydroxylation is 1. The maximum atomic E-state index is 12.5. The van der Waals surface area contributed by atoms with Crippen molar-refractivity contribution in [1.29, 1.82) is 0 Å². The van der Waals surface area contributed by atoms with E-state index in [1.165, 1.54) is 12.1 Å². The molecule has 1 aliphatic rings. The number of halogens is 1. The highest BCUT2D eigenvalue weighted by Crippen LogP contribution is 2.34. The summed E-state index contributed by atoms with van der Waals surface area (Å²) in [5.74, 6) is -0.404. The predicted octanol–water partition coefficient (Wildman–Crippen LogP) is 3.38. The molecule has 0 spiro atoms. The van der Waals surface area contributed by atoms with Crippen LogP contribution in [0.3, 0.4) is 0 Å². The molecule has 0 aliphatic carbocycles. The van der Waals surface area contributed by atoms with Crippen LogP contribution in [0.5, 0.6) is 0 Å². The van der Waals surface area contributed by atoms with Gasteiger partial charge in [0, 0.05) is 5.02 Å². The van der Waals surface area contributed by atoms with E-state index < -0.39 is 20.3 Å². The lowest BCUT2D eigenvalue weighted by Gasteiger charge is -2.08. The van der Waals surface area contributed by atoms with Crippen molar-refractivity contribution < 1.29 is 18.0 Å². The van der Waals surface area contributed by atoms with Gasteiger partial charge in [-0.3, -0.25) is 14.9 Å². The number of hydrogen-bond acceptors (Lipinski definition) is 5. The average Bonchev–Trinajstić information content (AvgIpc) is 2.93. The van der Waals surface area contributed by atoms with Crippen LogP contribution in [-0.2, 0) is 21.1 Å². The third-order valence-corrected chi connectivity index (χ3v) is 6.83. The van der Waals surface area contributed by atoms with E-state index in [9.17, 15) is 18.0 Å². The van der Waals surface area contributed by atoms with E-state index in [2.05, 4.69) is 5.32 Å². The zero-order chi connectivity index (χ0) is 18.0. The van der Waals surface area contributed by atoms with E-state index in [0.29, 0.717) is 17.0 Å². The average molecular weight is 396 g/mol. The van der Waals surface area contributed by atoms with Gasteiger partial charge in [0.25, 0.3) is 5.24 Å². The molecule has 25 heavy (non-hydrogen) atoms. The van der Waals surface area contributed by atoms with Crippen LogP contribution in [0.15, 0.2) is 53.4 Å². The number of rotatable bonds is 5. The van der Waals surface area contributed by atoms with Crippen LogP contribution in [0, 0.1) is 0 Å². The number of thioether (sulfide) groups is 1. The van der Waals surface area contributed by atoms with Crippen molar-refractivity contribution in [2.75, 3.05) is 5.75 Å². The van der Waals surface area contributed by atoms with Crippen LogP contribution in [0.4, 0.5) is 4.79 Å². The van der Waals surface area contributed by atoms with Gasteiger partial charge in [0.2, 0.25) is 5.91 Å². The molecule has 1 saturated heterocycles. The molecule has 1 fully saturated rings. The van der Waals surface area contributed by atoms with Gasteiger partial charge in [-0.15, -0.1) is 0 Å². The summed E-state index contributed by atoms with van der Waals surface area (Å²) >= 11 is 6.71. The fourth-order valence-corrected chi connectivity index (χ4v) is 4.70. The number of nitrogens with one attached hydrogen (secondary N) is 1. The van der Waals surface area contributed by atoms with Crippen molar-refractivity contribution in [2.24, 2.45) is 0 Å². The Morgan fingerprint density at radius 2 is 1.64 bits per heavy atom. The molecule has 5 nitrogen and oxygen atoms in total.